The number of aliphatic imine (C=N–C) groups is 1. The Hall–Kier alpha value is -3.47. The maximum absolute atomic E-state index is 13.9. The lowest BCUT2D eigenvalue weighted by Gasteiger charge is -2.17. The monoisotopic (exact) mass is 700 g/mol. The highest BCUT2D eigenvalue weighted by atomic mass is 35.5. The molecule has 7 nitrogen and oxygen atoms in total. The van der Waals surface area contributed by atoms with E-state index in [1.807, 2.05) is 39.0 Å². The van der Waals surface area contributed by atoms with Crippen molar-refractivity contribution in [2.45, 2.75) is 32.6 Å². The summed E-state index contributed by atoms with van der Waals surface area (Å²) in [7, 11) is -4.21. The highest BCUT2D eigenvalue weighted by Gasteiger charge is 2.35. The van der Waals surface area contributed by atoms with Gasteiger partial charge in [0.05, 0.1) is 27.9 Å². The summed E-state index contributed by atoms with van der Waals surface area (Å²) in [5, 5.41) is 1.44. The number of anilines is 1. The largest absolute Gasteiger partial charge is 0.490 e. The highest BCUT2D eigenvalue weighted by molar-refractivity contribution is 8.19. The lowest BCUT2D eigenvalue weighted by molar-refractivity contribution is -0.113. The topological polar surface area (TPSA) is 85.3 Å². The molecule has 1 amide bonds. The highest BCUT2D eigenvalue weighted by Crippen LogP contribution is 2.42. The Labute approximate surface area is 281 Å². The van der Waals surface area contributed by atoms with E-state index in [-0.39, 0.29) is 33.9 Å². The van der Waals surface area contributed by atoms with E-state index in [1.54, 1.807) is 49.4 Å². The third kappa shape index (κ3) is 7.34. The molecule has 1 aliphatic heterocycles. The molecule has 12 heteroatoms. The summed E-state index contributed by atoms with van der Waals surface area (Å²) < 4.78 is 37.3. The third-order valence-electron chi connectivity index (χ3n) is 6.73. The van der Waals surface area contributed by atoms with Crippen LogP contribution in [0.4, 0.5) is 11.4 Å². The zero-order valence-electron chi connectivity index (χ0n) is 24.6. The number of hydrogen-bond donors (Lipinski definition) is 0. The molecule has 1 fully saturated rings. The Morgan fingerprint density at radius 3 is 2.18 bits per heavy atom. The van der Waals surface area contributed by atoms with E-state index in [0.29, 0.717) is 37.1 Å². The van der Waals surface area contributed by atoms with Crippen molar-refractivity contribution < 1.29 is 22.1 Å². The van der Waals surface area contributed by atoms with E-state index in [0.717, 1.165) is 28.5 Å². The molecule has 0 saturated carbocycles. The third-order valence-corrected chi connectivity index (χ3v) is 10.0. The number of nitrogens with zero attached hydrogens (tertiary/aromatic N) is 2. The lowest BCUT2D eigenvalue weighted by atomic mass is 10.1. The van der Waals surface area contributed by atoms with E-state index < -0.39 is 10.1 Å². The zero-order chi connectivity index (χ0) is 32.5. The summed E-state index contributed by atoms with van der Waals surface area (Å²) in [6, 6.07) is 20.1. The average molecular weight is 702 g/mol. The maximum atomic E-state index is 13.9. The molecule has 4 aromatic rings. The molecular weight excluding hydrogens is 675 g/mol. The summed E-state index contributed by atoms with van der Waals surface area (Å²) in [5.41, 5.74) is 4.27. The Balaban J connectivity index is 1.55. The van der Waals surface area contributed by atoms with Crippen LogP contribution < -0.4 is 13.8 Å². The number of rotatable bonds is 8. The van der Waals surface area contributed by atoms with Crippen molar-refractivity contribution in [3.05, 3.63) is 115 Å². The van der Waals surface area contributed by atoms with Crippen LogP contribution in [0.5, 0.6) is 11.5 Å². The second-order valence-corrected chi connectivity index (χ2v) is 13.9. The van der Waals surface area contributed by atoms with Crippen LogP contribution in [0.25, 0.3) is 6.08 Å². The van der Waals surface area contributed by atoms with Crippen molar-refractivity contribution in [3.8, 4) is 11.5 Å². The first kappa shape index (κ1) is 32.9. The van der Waals surface area contributed by atoms with Crippen molar-refractivity contribution in [1.82, 2.24) is 0 Å². The Morgan fingerprint density at radius 2 is 1.53 bits per heavy atom. The molecule has 0 aliphatic carbocycles. The van der Waals surface area contributed by atoms with Gasteiger partial charge >= 0.3 is 10.1 Å². The number of carbonyl (C=O) groups is 1. The summed E-state index contributed by atoms with van der Waals surface area (Å²) >= 11 is 20.5. The molecule has 1 saturated heterocycles. The van der Waals surface area contributed by atoms with Crippen LogP contribution in [0.2, 0.25) is 15.1 Å². The Bertz CT molecular complexity index is 1980. The van der Waals surface area contributed by atoms with Crippen molar-refractivity contribution in [1.29, 1.82) is 0 Å². The van der Waals surface area contributed by atoms with Crippen molar-refractivity contribution in [2.75, 3.05) is 11.5 Å². The molecular formula is C33H27Cl3N2O5S2. The van der Waals surface area contributed by atoms with Crippen LogP contribution in [0, 0.1) is 20.8 Å². The van der Waals surface area contributed by atoms with Gasteiger partial charge in [0, 0.05) is 10.0 Å². The van der Waals surface area contributed by atoms with Gasteiger partial charge in [-0.05, 0) is 111 Å². The molecule has 4 aromatic carbocycles. The molecule has 5 rings (SSSR count). The molecule has 0 atom stereocenters. The molecule has 45 heavy (non-hydrogen) atoms. The number of thioether (sulfide) groups is 1. The fourth-order valence-corrected chi connectivity index (χ4v) is 6.90. The quantitative estimate of drug-likeness (QED) is 0.134. The van der Waals surface area contributed by atoms with Crippen LogP contribution >= 0.6 is 46.6 Å². The predicted molar refractivity (Wildman–Crippen MR) is 184 cm³/mol. The molecule has 232 valence electrons. The minimum Gasteiger partial charge on any atom is -0.490 e. The molecule has 0 radical (unpaired) electrons. The van der Waals surface area contributed by atoms with Gasteiger partial charge in [-0.15, -0.1) is 0 Å². The van der Waals surface area contributed by atoms with Crippen molar-refractivity contribution in [3.63, 3.8) is 0 Å². The van der Waals surface area contributed by atoms with Gasteiger partial charge in [-0.1, -0.05) is 64.6 Å². The predicted octanol–water partition coefficient (Wildman–Crippen LogP) is 9.55. The molecule has 1 aliphatic rings. The fraction of sp³-hybridized carbons (Fsp3) is 0.152. The van der Waals surface area contributed by atoms with E-state index in [9.17, 15) is 13.2 Å². The standard InChI is InChI=1S/C33H27Cl3N2O5S2/c1-5-42-29-15-22(14-28(36)31(29)43-45(40,41)25-12-6-19(2)7-13-25)16-30-32(39)38(24-11-9-21(4)27(35)18-24)33(44-30)37-23-10-8-20(3)26(34)17-23/h6-18H,5H2,1-4H3/b30-16+,37-33?. The first-order valence-electron chi connectivity index (χ1n) is 13.7. The van der Waals surface area contributed by atoms with Gasteiger partial charge in [0.1, 0.15) is 4.90 Å². The Morgan fingerprint density at radius 1 is 0.867 bits per heavy atom. The van der Waals surface area contributed by atoms with E-state index in [2.05, 4.69) is 0 Å². The molecule has 0 N–H and O–H groups in total. The van der Waals surface area contributed by atoms with Crippen LogP contribution in [0.15, 0.2) is 87.6 Å². The van der Waals surface area contributed by atoms with Crippen molar-refractivity contribution >= 4 is 85.2 Å². The van der Waals surface area contributed by atoms with Gasteiger partial charge in [-0.3, -0.25) is 9.69 Å². The smallest absolute Gasteiger partial charge is 0.339 e. The number of benzene rings is 4. The summed E-state index contributed by atoms with van der Waals surface area (Å²) in [5.74, 6) is -0.386. The SMILES string of the molecule is CCOc1cc(/C=C2/SC(=Nc3ccc(C)c(Cl)c3)N(c3ccc(C)c(Cl)c3)C2=O)cc(Cl)c1OS(=O)(=O)c1ccc(C)cc1. The summed E-state index contributed by atoms with van der Waals surface area (Å²) in [4.78, 5) is 20.4. The van der Waals surface area contributed by atoms with Crippen LogP contribution in [-0.2, 0) is 14.9 Å². The molecule has 1 heterocycles. The first-order chi connectivity index (χ1) is 21.4. The average Bonchev–Trinajstić information content (AvgIpc) is 3.28. The second-order valence-electron chi connectivity index (χ2n) is 10.1. The van der Waals surface area contributed by atoms with Gasteiger partial charge < -0.3 is 8.92 Å². The number of amides is 1. The van der Waals surface area contributed by atoms with E-state index in [1.165, 1.54) is 23.1 Å². The summed E-state index contributed by atoms with van der Waals surface area (Å²) in [6.45, 7) is 7.58. The van der Waals surface area contributed by atoms with Gasteiger partial charge in [0.2, 0.25) is 5.75 Å². The maximum Gasteiger partial charge on any atom is 0.339 e. The number of aryl methyl sites for hydroxylation is 3. The van der Waals surface area contributed by atoms with Crippen LogP contribution in [-0.4, -0.2) is 26.1 Å². The fourth-order valence-electron chi connectivity index (χ4n) is 4.29. The second kappa shape index (κ2) is 13.5. The Kier molecular flexibility index (Phi) is 9.86. The number of halogens is 3. The molecule has 0 aromatic heterocycles. The van der Waals surface area contributed by atoms with Crippen LogP contribution in [0.1, 0.15) is 29.2 Å². The van der Waals surface area contributed by atoms with E-state index in [4.69, 9.17) is 48.7 Å². The number of amidine groups is 1. The molecule has 0 bridgehead atoms. The molecule has 0 spiro atoms. The summed E-state index contributed by atoms with van der Waals surface area (Å²) in [6.07, 6.45) is 1.63. The minimum atomic E-state index is -4.21. The number of hydrogen-bond acceptors (Lipinski definition) is 7. The number of carbonyl (C=O) groups excluding carboxylic acids is 1. The zero-order valence-corrected chi connectivity index (χ0v) is 28.5. The van der Waals surface area contributed by atoms with Gasteiger partial charge in [-0.2, -0.15) is 8.42 Å². The van der Waals surface area contributed by atoms with Gasteiger partial charge in [0.25, 0.3) is 5.91 Å². The lowest BCUT2D eigenvalue weighted by Crippen LogP contribution is -2.28. The van der Waals surface area contributed by atoms with Gasteiger partial charge in [0.15, 0.2) is 10.9 Å². The molecule has 0 unspecified atom stereocenters. The minimum absolute atomic E-state index is 0.00991. The van der Waals surface area contributed by atoms with E-state index >= 15 is 0 Å². The van der Waals surface area contributed by atoms with Crippen LogP contribution in [0.3, 0.4) is 0 Å². The van der Waals surface area contributed by atoms with Gasteiger partial charge in [-0.25, -0.2) is 4.99 Å². The van der Waals surface area contributed by atoms with Crippen molar-refractivity contribution in [2.24, 2.45) is 4.99 Å². The first-order valence-corrected chi connectivity index (χ1v) is 17.0. The number of ether oxygens (including phenoxy) is 1. The normalized spacial score (nSPS) is 15.3.